The Morgan fingerprint density at radius 3 is 2.62 bits per heavy atom. The summed E-state index contributed by atoms with van der Waals surface area (Å²) in [5, 5.41) is 11.2. The number of hydrogen-bond acceptors (Lipinski definition) is 3. The van der Waals surface area contributed by atoms with Crippen molar-refractivity contribution >= 4 is 22.8 Å². The molecule has 0 unspecified atom stereocenters. The van der Waals surface area contributed by atoms with Crippen molar-refractivity contribution in [2.45, 2.75) is 6.18 Å². The fraction of sp³-hybridized carbons (Fsp3) is 0.333. The molecule has 2 aromatic rings. The van der Waals surface area contributed by atoms with Crippen molar-refractivity contribution < 1.29 is 32.6 Å². The number of aliphatic carboxylic acids is 1. The highest BCUT2D eigenvalue weighted by molar-refractivity contribution is 5.98. The fourth-order valence-electron chi connectivity index (χ4n) is 2.23. The summed E-state index contributed by atoms with van der Waals surface area (Å²) in [7, 11) is 1.57. The summed E-state index contributed by atoms with van der Waals surface area (Å²) < 4.78 is 44.5. The maximum atomic E-state index is 12.7. The number of carboxylic acid groups (broad SMARTS) is 1. The van der Waals surface area contributed by atoms with E-state index in [1.807, 2.05) is 0 Å². The lowest BCUT2D eigenvalue weighted by Gasteiger charge is -2.07. The zero-order valence-corrected chi connectivity index (χ0v) is 12.7. The molecule has 0 aliphatic heterocycles. The molecule has 0 aliphatic rings. The average Bonchev–Trinajstić information content (AvgIpc) is 2.82. The van der Waals surface area contributed by atoms with Crippen LogP contribution in [0.2, 0.25) is 0 Å². The van der Waals surface area contributed by atoms with Crippen LogP contribution >= 0.6 is 0 Å². The number of halogens is 3. The van der Waals surface area contributed by atoms with E-state index in [9.17, 15) is 22.8 Å². The van der Waals surface area contributed by atoms with Gasteiger partial charge in [0.2, 0.25) is 0 Å². The van der Waals surface area contributed by atoms with Gasteiger partial charge in [0.05, 0.1) is 12.2 Å². The monoisotopic (exact) mass is 344 g/mol. The number of carbonyl (C=O) groups excluding carboxylic acids is 1. The third-order valence-electron chi connectivity index (χ3n) is 3.36. The molecule has 0 atom stereocenters. The van der Waals surface area contributed by atoms with Gasteiger partial charge in [-0.3, -0.25) is 4.79 Å². The van der Waals surface area contributed by atoms with Crippen molar-refractivity contribution in [3.05, 3.63) is 35.5 Å². The molecule has 0 fully saturated rings. The minimum absolute atomic E-state index is 0.0141. The smallest absolute Gasteiger partial charge is 0.416 e. The van der Waals surface area contributed by atoms with Gasteiger partial charge in [0.1, 0.15) is 12.3 Å². The molecule has 2 rings (SSSR count). The van der Waals surface area contributed by atoms with Crippen LogP contribution in [0.5, 0.6) is 0 Å². The van der Waals surface area contributed by atoms with Crippen LogP contribution in [0.4, 0.5) is 13.2 Å². The topological polar surface area (TPSA) is 80.6 Å². The lowest BCUT2D eigenvalue weighted by atomic mass is 10.1. The van der Waals surface area contributed by atoms with Crippen molar-refractivity contribution in [1.82, 2.24) is 9.88 Å². The molecule has 6 nitrogen and oxygen atoms in total. The summed E-state index contributed by atoms with van der Waals surface area (Å²) in [6, 6.07) is 4.63. The normalized spacial score (nSPS) is 11.7. The van der Waals surface area contributed by atoms with Crippen LogP contribution in [0.3, 0.4) is 0 Å². The lowest BCUT2D eigenvalue weighted by Crippen LogP contribution is -2.29. The van der Waals surface area contributed by atoms with Gasteiger partial charge in [-0.25, -0.2) is 4.79 Å². The fourth-order valence-corrected chi connectivity index (χ4v) is 2.23. The Morgan fingerprint density at radius 1 is 1.29 bits per heavy atom. The molecule has 1 amide bonds. The highest BCUT2D eigenvalue weighted by Crippen LogP contribution is 2.32. The Labute approximate surface area is 134 Å². The van der Waals surface area contributed by atoms with Crippen LogP contribution in [-0.4, -0.2) is 41.3 Å². The first kappa shape index (κ1) is 17.8. The number of ether oxygens (including phenoxy) is 1. The number of alkyl halides is 3. The standard InChI is InChI=1S/C15H15F3N2O4/c1-20-11-3-2-10(15(16,17)18)6-9(11)7-12(20)14(23)19-4-5-24-8-13(21)22/h2-3,6-7H,4-5,8H2,1H3,(H,19,23)(H,21,22). The van der Waals surface area contributed by atoms with E-state index in [-0.39, 0.29) is 18.8 Å². The summed E-state index contributed by atoms with van der Waals surface area (Å²) in [6.07, 6.45) is -4.45. The Kier molecular flexibility index (Phi) is 5.13. The first-order valence-electron chi connectivity index (χ1n) is 6.94. The minimum atomic E-state index is -4.45. The predicted octanol–water partition coefficient (Wildman–Crippen LogP) is 2.03. The van der Waals surface area contributed by atoms with Gasteiger partial charge in [0, 0.05) is 24.5 Å². The maximum absolute atomic E-state index is 12.7. The zero-order chi connectivity index (χ0) is 17.9. The van der Waals surface area contributed by atoms with Crippen LogP contribution in [0.25, 0.3) is 10.9 Å². The Bertz CT molecular complexity index is 768. The average molecular weight is 344 g/mol. The third-order valence-corrected chi connectivity index (χ3v) is 3.36. The Balaban J connectivity index is 2.10. The van der Waals surface area contributed by atoms with E-state index in [0.29, 0.717) is 10.9 Å². The molecule has 130 valence electrons. The number of hydrogen-bond donors (Lipinski definition) is 2. The van der Waals surface area contributed by atoms with Gasteiger partial charge in [-0.2, -0.15) is 13.2 Å². The number of fused-ring (bicyclic) bond motifs is 1. The second kappa shape index (κ2) is 6.91. The molecule has 0 saturated carbocycles. The van der Waals surface area contributed by atoms with Crippen molar-refractivity contribution in [2.75, 3.05) is 19.8 Å². The Hall–Kier alpha value is -2.55. The van der Waals surface area contributed by atoms with Crippen LogP contribution in [-0.2, 0) is 22.8 Å². The van der Waals surface area contributed by atoms with Crippen LogP contribution < -0.4 is 5.32 Å². The maximum Gasteiger partial charge on any atom is 0.416 e. The number of amides is 1. The first-order valence-corrected chi connectivity index (χ1v) is 6.94. The van der Waals surface area contributed by atoms with E-state index in [0.717, 1.165) is 12.1 Å². The van der Waals surface area contributed by atoms with Gasteiger partial charge in [0.25, 0.3) is 5.91 Å². The lowest BCUT2D eigenvalue weighted by molar-refractivity contribution is -0.142. The number of nitrogens with zero attached hydrogens (tertiary/aromatic N) is 1. The molecule has 24 heavy (non-hydrogen) atoms. The number of carboxylic acids is 1. The van der Waals surface area contributed by atoms with Gasteiger partial charge in [-0.1, -0.05) is 0 Å². The molecule has 1 aromatic heterocycles. The minimum Gasteiger partial charge on any atom is -0.480 e. The molecular formula is C15H15F3N2O4. The van der Waals surface area contributed by atoms with Crippen LogP contribution in [0, 0.1) is 0 Å². The van der Waals surface area contributed by atoms with E-state index < -0.39 is 30.2 Å². The predicted molar refractivity (Wildman–Crippen MR) is 78.7 cm³/mol. The zero-order valence-electron chi connectivity index (χ0n) is 12.7. The van der Waals surface area contributed by atoms with Crippen molar-refractivity contribution in [1.29, 1.82) is 0 Å². The van der Waals surface area contributed by atoms with Crippen LogP contribution in [0.1, 0.15) is 16.1 Å². The quantitative estimate of drug-likeness (QED) is 0.786. The second-order valence-electron chi connectivity index (χ2n) is 5.06. The van der Waals surface area contributed by atoms with Crippen molar-refractivity contribution in [3.8, 4) is 0 Å². The highest BCUT2D eigenvalue weighted by Gasteiger charge is 2.30. The van der Waals surface area contributed by atoms with E-state index in [2.05, 4.69) is 5.32 Å². The van der Waals surface area contributed by atoms with E-state index >= 15 is 0 Å². The number of carbonyl (C=O) groups is 2. The first-order chi connectivity index (χ1) is 11.2. The molecule has 0 aliphatic carbocycles. The Morgan fingerprint density at radius 2 is 2.00 bits per heavy atom. The summed E-state index contributed by atoms with van der Waals surface area (Å²) in [5.41, 5.74) is -0.0903. The van der Waals surface area contributed by atoms with Gasteiger partial charge in [0.15, 0.2) is 0 Å². The van der Waals surface area contributed by atoms with Crippen LogP contribution in [0.15, 0.2) is 24.3 Å². The number of aromatic nitrogens is 1. The van der Waals surface area contributed by atoms with E-state index in [1.54, 1.807) is 7.05 Å². The number of benzene rings is 1. The number of rotatable bonds is 6. The van der Waals surface area contributed by atoms with E-state index in [4.69, 9.17) is 9.84 Å². The molecule has 1 heterocycles. The van der Waals surface area contributed by atoms with Gasteiger partial charge in [-0.15, -0.1) is 0 Å². The summed E-state index contributed by atoms with van der Waals surface area (Å²) in [6.45, 7) is -0.369. The van der Waals surface area contributed by atoms with E-state index in [1.165, 1.54) is 16.7 Å². The van der Waals surface area contributed by atoms with Crippen molar-refractivity contribution in [2.24, 2.45) is 7.05 Å². The number of nitrogens with one attached hydrogen (secondary N) is 1. The molecule has 9 heteroatoms. The summed E-state index contributed by atoms with van der Waals surface area (Å²) in [4.78, 5) is 22.4. The molecule has 2 N–H and O–H groups in total. The third kappa shape index (κ3) is 4.05. The van der Waals surface area contributed by atoms with Gasteiger partial charge < -0.3 is 19.7 Å². The summed E-state index contributed by atoms with van der Waals surface area (Å²) >= 11 is 0. The molecular weight excluding hydrogens is 329 g/mol. The molecule has 0 spiro atoms. The molecule has 0 radical (unpaired) electrons. The highest BCUT2D eigenvalue weighted by atomic mass is 19.4. The van der Waals surface area contributed by atoms with Crippen molar-refractivity contribution in [3.63, 3.8) is 0 Å². The SMILES string of the molecule is Cn1c(C(=O)NCCOCC(=O)O)cc2cc(C(F)(F)F)ccc21. The largest absolute Gasteiger partial charge is 0.480 e. The molecule has 0 saturated heterocycles. The van der Waals surface area contributed by atoms with Gasteiger partial charge >= 0.3 is 12.1 Å². The molecule has 1 aromatic carbocycles. The number of aryl methyl sites for hydroxylation is 1. The second-order valence-corrected chi connectivity index (χ2v) is 5.06. The van der Waals surface area contributed by atoms with Gasteiger partial charge in [-0.05, 0) is 24.3 Å². The summed E-state index contributed by atoms with van der Waals surface area (Å²) in [5.74, 6) is -1.60. The molecule has 0 bridgehead atoms.